The van der Waals surface area contributed by atoms with Gasteiger partial charge in [0.05, 0.1) is 45.1 Å². The molecule has 5 heterocycles. The molecule has 292 valence electrons. The van der Waals surface area contributed by atoms with Crippen LogP contribution >= 0.6 is 0 Å². The summed E-state index contributed by atoms with van der Waals surface area (Å²) in [7, 11) is -2.96. The zero-order chi connectivity index (χ0) is 40.4. The van der Waals surface area contributed by atoms with Crippen LogP contribution in [0, 0.1) is 11.6 Å². The van der Waals surface area contributed by atoms with E-state index in [1.807, 2.05) is 4.72 Å². The molecule has 57 heavy (non-hydrogen) atoms. The molecule has 1 aliphatic heterocycles. The van der Waals surface area contributed by atoms with E-state index in [2.05, 4.69) is 30.6 Å². The number of carboxylic acids is 1. The Morgan fingerprint density at radius 1 is 0.930 bits per heavy atom. The normalized spacial score (nSPS) is 13.9. The Morgan fingerprint density at radius 3 is 2.32 bits per heavy atom. The number of piperidine rings is 1. The third-order valence-corrected chi connectivity index (χ3v) is 11.0. The molecule has 4 N–H and O–H groups in total. The van der Waals surface area contributed by atoms with Crippen molar-refractivity contribution in [1.82, 2.24) is 39.7 Å². The van der Waals surface area contributed by atoms with E-state index in [0.29, 0.717) is 28.8 Å². The van der Waals surface area contributed by atoms with E-state index in [1.54, 1.807) is 12.4 Å². The molecule has 6 aromatic rings. The number of carbonyl (C=O) groups is 2. The first kappa shape index (κ1) is 38.5. The highest BCUT2D eigenvalue weighted by atomic mass is 32.2. The van der Waals surface area contributed by atoms with Crippen LogP contribution < -0.4 is 26.6 Å². The van der Waals surface area contributed by atoms with Crippen molar-refractivity contribution >= 4 is 38.5 Å². The topological polar surface area (TPSA) is 220 Å². The molecule has 0 spiro atoms. The number of fused-ring (bicyclic) bond motifs is 1. The molecule has 7 rings (SSSR count). The van der Waals surface area contributed by atoms with E-state index in [0.717, 1.165) is 36.3 Å². The van der Waals surface area contributed by atoms with Crippen molar-refractivity contribution in [3.05, 3.63) is 135 Å². The van der Waals surface area contributed by atoms with Gasteiger partial charge < -0.3 is 15.7 Å². The largest absolute Gasteiger partial charge is 0.480 e. The summed E-state index contributed by atoms with van der Waals surface area (Å²) in [4.78, 5) is 68.0. The number of anilines is 1. The molecule has 19 heteroatoms. The van der Waals surface area contributed by atoms with Gasteiger partial charge in [0.25, 0.3) is 21.5 Å². The summed E-state index contributed by atoms with van der Waals surface area (Å²) in [5, 5.41) is 15.5. The zero-order valence-corrected chi connectivity index (χ0v) is 30.8. The van der Waals surface area contributed by atoms with E-state index in [-0.39, 0.29) is 27.6 Å². The molecule has 0 unspecified atom stereocenters. The summed E-state index contributed by atoms with van der Waals surface area (Å²) >= 11 is 0. The molecule has 0 bridgehead atoms. The lowest BCUT2D eigenvalue weighted by Crippen LogP contribution is -2.42. The van der Waals surface area contributed by atoms with Crippen molar-refractivity contribution in [2.75, 3.05) is 17.8 Å². The third kappa shape index (κ3) is 8.01. The lowest BCUT2D eigenvalue weighted by molar-refractivity contribution is -0.139. The van der Waals surface area contributed by atoms with Crippen LogP contribution in [0.3, 0.4) is 0 Å². The highest BCUT2D eigenvalue weighted by Crippen LogP contribution is 2.27. The van der Waals surface area contributed by atoms with E-state index in [9.17, 15) is 32.7 Å². The Balaban J connectivity index is 1.02. The average molecular weight is 798 g/mol. The Hall–Kier alpha value is -6.73. The van der Waals surface area contributed by atoms with Gasteiger partial charge in [-0.05, 0) is 67.9 Å². The number of sulfonamides is 1. The second-order valence-electron chi connectivity index (χ2n) is 13.2. The van der Waals surface area contributed by atoms with E-state index in [4.69, 9.17) is 0 Å². The van der Waals surface area contributed by atoms with Gasteiger partial charge in [0, 0.05) is 55.3 Å². The van der Waals surface area contributed by atoms with Crippen molar-refractivity contribution in [1.29, 1.82) is 0 Å². The van der Waals surface area contributed by atoms with Crippen LogP contribution in [0.4, 0.5) is 14.5 Å². The quantitative estimate of drug-likeness (QED) is 0.149. The summed E-state index contributed by atoms with van der Waals surface area (Å²) in [5.41, 5.74) is -1.14. The molecular formula is C38H33F2N9O7S. The number of halogens is 2. The lowest BCUT2D eigenvalue weighted by Gasteiger charge is -2.21. The number of aromatic nitrogens is 6. The summed E-state index contributed by atoms with van der Waals surface area (Å²) in [6, 6.07) is 9.03. The fourth-order valence-electron chi connectivity index (χ4n) is 6.44. The smallest absolute Gasteiger partial charge is 0.335 e. The predicted octanol–water partition coefficient (Wildman–Crippen LogP) is 2.91. The van der Waals surface area contributed by atoms with E-state index < -0.39 is 68.5 Å². The number of aliphatic carboxylic acids is 1. The summed E-state index contributed by atoms with van der Waals surface area (Å²) in [6.45, 7) is 1.79. The standard InChI is InChI=1S/C38H33F2N9O7S/c1-48-33-20-42-13-10-27(33)36(51)49(38(48)54)25-5-4-24(43-19-25)14-32(37(52)53)46-35(50)28-15-30(40)31(16-29(28)39)47-57(55,56)26-6-2-21(3-7-26)23-17-44-34(45-18-23)22-8-11-41-12-9-22/h2-7,10,13,15-20,22,32,41,47H,8-9,11-12,14H2,1H3,(H,46,50)(H,52,53)/t32-/m0/s1. The number of carbonyl (C=O) groups excluding carboxylic acids is 1. The fourth-order valence-corrected chi connectivity index (χ4v) is 7.50. The minimum atomic E-state index is -4.43. The number of benzene rings is 2. The summed E-state index contributed by atoms with van der Waals surface area (Å²) in [6.07, 6.45) is 8.74. The molecule has 0 saturated carbocycles. The number of amides is 1. The van der Waals surface area contributed by atoms with Crippen LogP contribution in [-0.2, 0) is 28.3 Å². The van der Waals surface area contributed by atoms with Gasteiger partial charge in [-0.15, -0.1) is 0 Å². The molecule has 1 aliphatic rings. The number of rotatable bonds is 11. The van der Waals surface area contributed by atoms with Crippen molar-refractivity contribution < 1.29 is 31.9 Å². The molecule has 1 saturated heterocycles. The van der Waals surface area contributed by atoms with Gasteiger partial charge in [0.1, 0.15) is 23.5 Å². The SMILES string of the molecule is Cn1c(=O)n(-c2ccc(C[C@H](NC(=O)c3cc(F)c(NS(=O)(=O)c4ccc(-c5cnc(C6CCNCC6)nc5)cc4)cc3F)C(=O)O)nc2)c(=O)c2ccncc21. The number of pyridine rings is 2. The second-order valence-corrected chi connectivity index (χ2v) is 14.9. The van der Waals surface area contributed by atoms with E-state index in [1.165, 1.54) is 72.7 Å². The van der Waals surface area contributed by atoms with Gasteiger partial charge in [0.15, 0.2) is 0 Å². The minimum absolute atomic E-state index is 0.0906. The predicted molar refractivity (Wildman–Crippen MR) is 202 cm³/mol. The van der Waals surface area contributed by atoms with E-state index >= 15 is 8.78 Å². The highest BCUT2D eigenvalue weighted by molar-refractivity contribution is 7.92. The summed E-state index contributed by atoms with van der Waals surface area (Å²) < 4.78 is 60.8. The Bertz CT molecular complexity index is 2740. The van der Waals surface area contributed by atoms with Crippen LogP contribution in [0.2, 0.25) is 0 Å². The first-order valence-electron chi connectivity index (χ1n) is 17.5. The number of nitrogens with zero attached hydrogens (tertiary/aromatic N) is 6. The molecule has 0 aliphatic carbocycles. The average Bonchev–Trinajstić information content (AvgIpc) is 3.22. The minimum Gasteiger partial charge on any atom is -0.480 e. The monoisotopic (exact) mass is 797 g/mol. The van der Waals surface area contributed by atoms with Crippen LogP contribution in [0.15, 0.2) is 100 Å². The number of hydrogen-bond acceptors (Lipinski definition) is 11. The Morgan fingerprint density at radius 2 is 1.65 bits per heavy atom. The van der Waals surface area contributed by atoms with Gasteiger partial charge in [-0.1, -0.05) is 12.1 Å². The van der Waals surface area contributed by atoms with Crippen LogP contribution in [-0.4, -0.2) is 73.6 Å². The first-order valence-corrected chi connectivity index (χ1v) is 19.0. The second kappa shape index (κ2) is 15.8. The molecule has 16 nitrogen and oxygen atoms in total. The molecule has 0 radical (unpaired) electrons. The highest BCUT2D eigenvalue weighted by Gasteiger charge is 2.26. The number of nitrogens with one attached hydrogen (secondary N) is 3. The van der Waals surface area contributed by atoms with Gasteiger partial charge in [-0.3, -0.25) is 28.8 Å². The van der Waals surface area contributed by atoms with Crippen LogP contribution in [0.5, 0.6) is 0 Å². The maximum absolute atomic E-state index is 15.2. The maximum Gasteiger partial charge on any atom is 0.335 e. The Kier molecular flexibility index (Phi) is 10.7. The number of hydrogen-bond donors (Lipinski definition) is 4. The van der Waals surface area contributed by atoms with Gasteiger partial charge >= 0.3 is 11.7 Å². The molecule has 2 aromatic carbocycles. The molecule has 4 aromatic heterocycles. The first-order chi connectivity index (χ1) is 27.3. The van der Waals surface area contributed by atoms with Crippen molar-refractivity contribution in [3.63, 3.8) is 0 Å². The van der Waals surface area contributed by atoms with Crippen LogP contribution in [0.25, 0.3) is 27.7 Å². The Labute approximate surface area is 322 Å². The lowest BCUT2D eigenvalue weighted by atomic mass is 9.97. The van der Waals surface area contributed by atoms with Crippen LogP contribution in [0.1, 0.15) is 40.6 Å². The maximum atomic E-state index is 15.2. The van der Waals surface area contributed by atoms with Gasteiger partial charge in [-0.25, -0.2) is 41.3 Å². The molecule has 1 atom stereocenters. The fraction of sp³-hybridized carbons (Fsp3) is 0.211. The van der Waals surface area contributed by atoms with Crippen molar-refractivity contribution in [2.24, 2.45) is 7.05 Å². The molecule has 1 amide bonds. The van der Waals surface area contributed by atoms with Gasteiger partial charge in [0.2, 0.25) is 0 Å². The van der Waals surface area contributed by atoms with Crippen molar-refractivity contribution in [3.8, 4) is 16.8 Å². The molecule has 1 fully saturated rings. The van der Waals surface area contributed by atoms with Gasteiger partial charge in [-0.2, -0.15) is 0 Å². The van der Waals surface area contributed by atoms with Crippen molar-refractivity contribution in [2.45, 2.75) is 36.1 Å². The third-order valence-electron chi connectivity index (χ3n) is 9.58. The zero-order valence-electron chi connectivity index (χ0n) is 30.0. The number of carboxylic acid groups (broad SMARTS) is 1. The molecular weight excluding hydrogens is 765 g/mol. The summed E-state index contributed by atoms with van der Waals surface area (Å²) in [5.74, 6) is -4.45. The number of aryl methyl sites for hydroxylation is 1.